The Balaban J connectivity index is 1.63. The Kier molecular flexibility index (Phi) is 7.58. The van der Waals surface area contributed by atoms with Crippen LogP contribution in [0.2, 0.25) is 0 Å². The summed E-state index contributed by atoms with van der Waals surface area (Å²) in [6, 6.07) is 21.0. The molecule has 2 amide bonds. The van der Waals surface area contributed by atoms with Gasteiger partial charge in [-0.15, -0.1) is 0 Å². The van der Waals surface area contributed by atoms with Gasteiger partial charge in [-0.05, 0) is 54.8 Å². The predicted molar refractivity (Wildman–Crippen MR) is 149 cm³/mol. The lowest BCUT2D eigenvalue weighted by Crippen LogP contribution is -2.47. The molecule has 1 saturated carbocycles. The number of aromatic nitrogens is 1. The second-order valence-corrected chi connectivity index (χ2v) is 9.74. The molecule has 4 aromatic rings. The van der Waals surface area contributed by atoms with E-state index in [0.717, 1.165) is 43.0 Å². The van der Waals surface area contributed by atoms with Crippen LogP contribution in [0, 0.1) is 10.1 Å². The van der Waals surface area contributed by atoms with E-state index in [1.165, 1.54) is 36.3 Å². The van der Waals surface area contributed by atoms with Crippen molar-refractivity contribution in [1.82, 2.24) is 10.3 Å². The van der Waals surface area contributed by atoms with Crippen molar-refractivity contribution in [3.8, 4) is 5.75 Å². The number of nitrogens with zero attached hydrogens (tertiary/aromatic N) is 2. The molecule has 9 heteroatoms. The lowest BCUT2D eigenvalue weighted by Gasteiger charge is -2.33. The first-order chi connectivity index (χ1) is 18.9. The lowest BCUT2D eigenvalue weighted by molar-refractivity contribution is -0.384. The number of carbonyl (C=O) groups is 2. The monoisotopic (exact) mass is 526 g/mol. The molecular weight excluding hydrogens is 496 g/mol. The highest BCUT2D eigenvalue weighted by Crippen LogP contribution is 2.33. The van der Waals surface area contributed by atoms with Gasteiger partial charge in [0.15, 0.2) is 0 Å². The van der Waals surface area contributed by atoms with Gasteiger partial charge in [0.25, 0.3) is 11.6 Å². The molecule has 200 valence electrons. The van der Waals surface area contributed by atoms with Crippen molar-refractivity contribution in [2.45, 2.75) is 44.2 Å². The number of rotatable bonds is 8. The van der Waals surface area contributed by atoms with Gasteiger partial charge in [-0.2, -0.15) is 0 Å². The number of nitrogens with one attached hydrogen (secondary N) is 2. The van der Waals surface area contributed by atoms with Crippen LogP contribution in [0.4, 0.5) is 11.4 Å². The average Bonchev–Trinajstić information content (AvgIpc) is 3.40. The number of non-ortho nitro benzene ring substituents is 1. The molecule has 1 aliphatic carbocycles. The number of nitro benzene ring substituents is 1. The van der Waals surface area contributed by atoms with Gasteiger partial charge in [-0.25, -0.2) is 0 Å². The van der Waals surface area contributed by atoms with Crippen LogP contribution in [0.3, 0.4) is 0 Å². The Morgan fingerprint density at radius 2 is 1.74 bits per heavy atom. The van der Waals surface area contributed by atoms with E-state index in [1.807, 2.05) is 24.3 Å². The molecule has 1 atom stereocenters. The average molecular weight is 527 g/mol. The number of benzene rings is 3. The fraction of sp³-hybridized carbons (Fsp3) is 0.267. The Hall–Kier alpha value is -4.66. The van der Waals surface area contributed by atoms with Gasteiger partial charge in [0, 0.05) is 40.8 Å². The van der Waals surface area contributed by atoms with Crippen molar-refractivity contribution in [3.63, 3.8) is 0 Å². The Bertz CT molecular complexity index is 1460. The summed E-state index contributed by atoms with van der Waals surface area (Å²) < 4.78 is 5.43. The Morgan fingerprint density at radius 3 is 2.44 bits per heavy atom. The van der Waals surface area contributed by atoms with Crippen LogP contribution < -0.4 is 15.0 Å². The van der Waals surface area contributed by atoms with Gasteiger partial charge in [0.1, 0.15) is 17.5 Å². The van der Waals surface area contributed by atoms with Crippen LogP contribution in [0.1, 0.15) is 54.2 Å². The van der Waals surface area contributed by atoms with Crippen LogP contribution in [0.15, 0.2) is 78.9 Å². The normalized spacial score (nSPS) is 14.5. The summed E-state index contributed by atoms with van der Waals surface area (Å²) in [7, 11) is 1.53. The molecule has 1 aliphatic rings. The summed E-state index contributed by atoms with van der Waals surface area (Å²) in [6.45, 7) is 0. The number of ether oxygens (including phenoxy) is 1. The second kappa shape index (κ2) is 11.4. The first-order valence-corrected chi connectivity index (χ1v) is 13.0. The largest absolute Gasteiger partial charge is 0.497 e. The molecule has 1 heterocycles. The van der Waals surface area contributed by atoms with E-state index in [4.69, 9.17) is 4.74 Å². The summed E-state index contributed by atoms with van der Waals surface area (Å²) >= 11 is 0. The van der Waals surface area contributed by atoms with E-state index in [1.54, 1.807) is 30.3 Å². The SMILES string of the molecule is COc1cccc(N(C(=O)c2cc3ccccc3[nH]2)C(C(=O)NC2CCCCC2)c2ccc([N+](=O)[O-])cc2)c1. The molecule has 0 radical (unpaired) electrons. The quantitative estimate of drug-likeness (QED) is 0.218. The minimum Gasteiger partial charge on any atom is -0.497 e. The molecular formula is C30H30N4O5. The van der Waals surface area contributed by atoms with Gasteiger partial charge < -0.3 is 15.0 Å². The number of hydrogen-bond acceptors (Lipinski definition) is 5. The number of amides is 2. The number of nitro groups is 1. The summed E-state index contributed by atoms with van der Waals surface area (Å²) in [5, 5.41) is 15.4. The fourth-order valence-corrected chi connectivity index (χ4v) is 5.19. The van der Waals surface area contributed by atoms with Gasteiger partial charge in [0.05, 0.1) is 12.0 Å². The van der Waals surface area contributed by atoms with Crippen LogP contribution >= 0.6 is 0 Å². The van der Waals surface area contributed by atoms with E-state index in [2.05, 4.69) is 10.3 Å². The van der Waals surface area contributed by atoms with E-state index < -0.39 is 16.9 Å². The molecule has 2 N–H and O–H groups in total. The van der Waals surface area contributed by atoms with Crippen LogP contribution in [-0.2, 0) is 4.79 Å². The highest BCUT2D eigenvalue weighted by Gasteiger charge is 2.35. The van der Waals surface area contributed by atoms with Crippen molar-refractivity contribution in [2.24, 2.45) is 0 Å². The number of fused-ring (bicyclic) bond motifs is 1. The third-order valence-corrected chi connectivity index (χ3v) is 7.19. The minimum absolute atomic E-state index is 0.00198. The summed E-state index contributed by atoms with van der Waals surface area (Å²) in [5.41, 5.74) is 1.93. The topological polar surface area (TPSA) is 118 Å². The van der Waals surface area contributed by atoms with E-state index in [0.29, 0.717) is 22.7 Å². The zero-order valence-electron chi connectivity index (χ0n) is 21.6. The minimum atomic E-state index is -1.08. The van der Waals surface area contributed by atoms with Crippen molar-refractivity contribution >= 4 is 34.1 Å². The molecule has 0 aliphatic heterocycles. The fourth-order valence-electron chi connectivity index (χ4n) is 5.19. The molecule has 1 fully saturated rings. The maximum absolute atomic E-state index is 14.3. The van der Waals surface area contributed by atoms with Gasteiger partial charge in [0.2, 0.25) is 5.91 Å². The third kappa shape index (κ3) is 5.62. The zero-order valence-corrected chi connectivity index (χ0v) is 21.6. The lowest BCUT2D eigenvalue weighted by atomic mass is 9.94. The van der Waals surface area contributed by atoms with Crippen LogP contribution in [0.25, 0.3) is 10.9 Å². The molecule has 39 heavy (non-hydrogen) atoms. The first-order valence-electron chi connectivity index (χ1n) is 13.0. The van der Waals surface area contributed by atoms with E-state index in [-0.39, 0.29) is 17.6 Å². The number of carbonyl (C=O) groups excluding carboxylic acids is 2. The molecule has 1 unspecified atom stereocenters. The van der Waals surface area contributed by atoms with Crippen LogP contribution in [-0.4, -0.2) is 34.9 Å². The van der Waals surface area contributed by atoms with Gasteiger partial charge in [-0.3, -0.25) is 24.6 Å². The predicted octanol–water partition coefficient (Wildman–Crippen LogP) is 5.92. The molecule has 9 nitrogen and oxygen atoms in total. The van der Waals surface area contributed by atoms with E-state index in [9.17, 15) is 19.7 Å². The molecule has 1 aromatic heterocycles. The molecule has 0 spiro atoms. The summed E-state index contributed by atoms with van der Waals surface area (Å²) in [5.74, 6) is -0.235. The molecule has 0 bridgehead atoms. The summed E-state index contributed by atoms with van der Waals surface area (Å²) in [4.78, 5) is 43.7. The van der Waals surface area contributed by atoms with Crippen molar-refractivity contribution in [3.05, 3.63) is 100 Å². The van der Waals surface area contributed by atoms with Crippen molar-refractivity contribution < 1.29 is 19.2 Å². The van der Waals surface area contributed by atoms with Crippen molar-refractivity contribution in [2.75, 3.05) is 12.0 Å². The number of methoxy groups -OCH3 is 1. The Morgan fingerprint density at radius 1 is 1.00 bits per heavy atom. The van der Waals surface area contributed by atoms with Crippen molar-refractivity contribution in [1.29, 1.82) is 0 Å². The molecule has 0 saturated heterocycles. The number of anilines is 1. The molecule has 5 rings (SSSR count). The smallest absolute Gasteiger partial charge is 0.275 e. The zero-order chi connectivity index (χ0) is 27.4. The highest BCUT2D eigenvalue weighted by atomic mass is 16.6. The number of para-hydroxylation sites is 1. The molecule has 3 aromatic carbocycles. The van der Waals surface area contributed by atoms with Gasteiger partial charge in [-0.1, -0.05) is 43.5 Å². The standard InChI is InChI=1S/C30H30N4O5/c1-39-25-12-7-11-24(19-25)33(30(36)27-18-21-8-5-6-13-26(21)32-27)28(20-14-16-23(17-15-20)34(37)38)29(35)31-22-9-3-2-4-10-22/h5-8,11-19,22,28,32H,2-4,9-10H2,1H3,(H,31,35). The number of hydrogen-bond donors (Lipinski definition) is 2. The Labute approximate surface area is 225 Å². The number of H-pyrrole nitrogens is 1. The highest BCUT2D eigenvalue weighted by molar-refractivity contribution is 6.11. The van der Waals surface area contributed by atoms with Crippen LogP contribution in [0.5, 0.6) is 5.75 Å². The second-order valence-electron chi connectivity index (χ2n) is 9.74. The maximum atomic E-state index is 14.3. The number of aromatic amines is 1. The first kappa shape index (κ1) is 26.0. The maximum Gasteiger partial charge on any atom is 0.275 e. The van der Waals surface area contributed by atoms with Gasteiger partial charge >= 0.3 is 0 Å². The third-order valence-electron chi connectivity index (χ3n) is 7.19. The summed E-state index contributed by atoms with van der Waals surface area (Å²) in [6.07, 6.45) is 4.93. The van der Waals surface area contributed by atoms with E-state index >= 15 is 0 Å².